The number of hydrogen-bond acceptors (Lipinski definition) is 6. The lowest BCUT2D eigenvalue weighted by Gasteiger charge is -2.20. The lowest BCUT2D eigenvalue weighted by molar-refractivity contribution is -0.385. The smallest absolute Gasteiger partial charge is 0.282 e. The number of carbonyl (C=O) groups is 2. The van der Waals surface area contributed by atoms with Crippen molar-refractivity contribution in [1.82, 2.24) is 4.90 Å². The minimum absolute atomic E-state index is 0.0301. The van der Waals surface area contributed by atoms with Gasteiger partial charge in [0.15, 0.2) is 0 Å². The van der Waals surface area contributed by atoms with Crippen molar-refractivity contribution in [2.45, 2.75) is 25.9 Å². The zero-order valence-corrected chi connectivity index (χ0v) is 15.5. The molecule has 0 fully saturated rings. The lowest BCUT2D eigenvalue weighted by Crippen LogP contribution is -2.39. The van der Waals surface area contributed by atoms with E-state index in [4.69, 9.17) is 4.74 Å². The topological polar surface area (TPSA) is 110 Å². The Hall–Kier alpha value is -3.26. The van der Waals surface area contributed by atoms with Gasteiger partial charge in [-0.3, -0.25) is 24.6 Å². The number of ether oxygens (including phenoxy) is 1. The van der Waals surface area contributed by atoms with E-state index in [-0.39, 0.29) is 30.2 Å². The molecule has 8 heteroatoms. The van der Waals surface area contributed by atoms with E-state index in [1.165, 1.54) is 18.2 Å². The lowest BCUT2D eigenvalue weighted by atomic mass is 10.0. The van der Waals surface area contributed by atoms with Crippen LogP contribution in [0.4, 0.5) is 5.69 Å². The molecule has 1 atom stereocenters. The van der Waals surface area contributed by atoms with Gasteiger partial charge >= 0.3 is 0 Å². The largest absolute Gasteiger partial charge is 0.491 e. The Balaban J connectivity index is 1.71. The Kier molecular flexibility index (Phi) is 5.41. The summed E-state index contributed by atoms with van der Waals surface area (Å²) >= 11 is 0. The third-order valence-electron chi connectivity index (χ3n) is 4.54. The Labute approximate surface area is 161 Å². The third-order valence-corrected chi connectivity index (χ3v) is 4.54. The number of nitro benzene ring substituents is 1. The van der Waals surface area contributed by atoms with Gasteiger partial charge in [-0.2, -0.15) is 0 Å². The number of nitro groups is 1. The van der Waals surface area contributed by atoms with Crippen LogP contribution in [0.2, 0.25) is 0 Å². The Morgan fingerprint density at radius 1 is 1.11 bits per heavy atom. The van der Waals surface area contributed by atoms with E-state index in [2.05, 4.69) is 0 Å². The molecule has 0 aliphatic carbocycles. The second-order valence-corrected chi connectivity index (χ2v) is 6.84. The van der Waals surface area contributed by atoms with Crippen LogP contribution in [-0.4, -0.2) is 46.0 Å². The highest BCUT2D eigenvalue weighted by molar-refractivity contribution is 6.23. The number of benzene rings is 2. The number of aliphatic hydroxyl groups is 1. The number of nitrogens with zero attached hydrogens (tertiary/aromatic N) is 2. The molecule has 1 heterocycles. The maximum Gasteiger partial charge on any atom is 0.282 e. The van der Waals surface area contributed by atoms with Crippen molar-refractivity contribution in [1.29, 1.82) is 0 Å². The molecule has 28 heavy (non-hydrogen) atoms. The molecule has 1 aliphatic heterocycles. The van der Waals surface area contributed by atoms with Gasteiger partial charge in [-0.1, -0.05) is 38.1 Å². The van der Waals surface area contributed by atoms with Gasteiger partial charge in [0.25, 0.3) is 17.5 Å². The fourth-order valence-electron chi connectivity index (χ4n) is 3.17. The van der Waals surface area contributed by atoms with Crippen molar-refractivity contribution in [2.24, 2.45) is 0 Å². The molecule has 0 radical (unpaired) electrons. The van der Waals surface area contributed by atoms with Crippen LogP contribution in [0.5, 0.6) is 5.75 Å². The maximum absolute atomic E-state index is 12.5. The number of rotatable bonds is 7. The van der Waals surface area contributed by atoms with Crippen LogP contribution in [0.3, 0.4) is 0 Å². The number of hydrogen-bond donors (Lipinski definition) is 1. The molecule has 2 aromatic carbocycles. The van der Waals surface area contributed by atoms with Gasteiger partial charge in [-0.05, 0) is 23.6 Å². The predicted molar refractivity (Wildman–Crippen MR) is 100 cm³/mol. The van der Waals surface area contributed by atoms with Crippen LogP contribution in [0, 0.1) is 10.1 Å². The third kappa shape index (κ3) is 3.59. The Morgan fingerprint density at radius 2 is 1.82 bits per heavy atom. The summed E-state index contributed by atoms with van der Waals surface area (Å²) < 4.78 is 5.67. The van der Waals surface area contributed by atoms with E-state index in [1.807, 2.05) is 32.0 Å². The van der Waals surface area contributed by atoms with Gasteiger partial charge in [0.05, 0.1) is 17.0 Å². The summed E-state index contributed by atoms with van der Waals surface area (Å²) in [5, 5.41) is 21.4. The molecule has 0 aromatic heterocycles. The molecule has 1 aliphatic rings. The van der Waals surface area contributed by atoms with Gasteiger partial charge in [0.1, 0.15) is 24.0 Å². The van der Waals surface area contributed by atoms with Gasteiger partial charge in [-0.25, -0.2) is 0 Å². The zero-order valence-electron chi connectivity index (χ0n) is 15.5. The first-order chi connectivity index (χ1) is 13.3. The monoisotopic (exact) mass is 384 g/mol. The molecule has 8 nitrogen and oxygen atoms in total. The van der Waals surface area contributed by atoms with Gasteiger partial charge < -0.3 is 9.84 Å². The summed E-state index contributed by atoms with van der Waals surface area (Å²) in [6.45, 7) is 3.60. The summed E-state index contributed by atoms with van der Waals surface area (Å²) in [5.74, 6) is -0.598. The van der Waals surface area contributed by atoms with Crippen LogP contribution >= 0.6 is 0 Å². The molecule has 2 aromatic rings. The van der Waals surface area contributed by atoms with E-state index in [9.17, 15) is 24.8 Å². The summed E-state index contributed by atoms with van der Waals surface area (Å²) in [5.41, 5.74) is 0.286. The Morgan fingerprint density at radius 3 is 2.50 bits per heavy atom. The molecule has 0 saturated heterocycles. The number of fused-ring (bicyclic) bond motifs is 1. The summed E-state index contributed by atoms with van der Waals surface area (Å²) in [6, 6.07) is 11.3. The predicted octanol–water partition coefficient (Wildman–Crippen LogP) is 2.75. The highest BCUT2D eigenvalue weighted by atomic mass is 16.6. The van der Waals surface area contributed by atoms with Gasteiger partial charge in [0.2, 0.25) is 0 Å². The quantitative estimate of drug-likeness (QED) is 0.446. The number of amides is 2. The molecule has 1 unspecified atom stereocenters. The van der Waals surface area contributed by atoms with E-state index in [1.54, 1.807) is 6.07 Å². The summed E-state index contributed by atoms with van der Waals surface area (Å²) in [7, 11) is 0. The number of imide groups is 1. The van der Waals surface area contributed by atoms with Crippen molar-refractivity contribution in [3.8, 4) is 5.75 Å². The SMILES string of the molecule is CC(C)c1ccccc1OCC(O)CN1C(=O)c2cccc([N+](=O)[O-])c2C1=O. The first-order valence-corrected chi connectivity index (χ1v) is 8.84. The second kappa shape index (κ2) is 7.77. The first-order valence-electron chi connectivity index (χ1n) is 8.84. The first kappa shape index (κ1) is 19.5. The van der Waals surface area contributed by atoms with Crippen molar-refractivity contribution in [2.75, 3.05) is 13.2 Å². The van der Waals surface area contributed by atoms with Crippen LogP contribution < -0.4 is 4.74 Å². The van der Waals surface area contributed by atoms with E-state index in [0.717, 1.165) is 10.5 Å². The number of para-hydroxylation sites is 1. The molecule has 146 valence electrons. The highest BCUT2D eigenvalue weighted by Crippen LogP contribution is 2.31. The molecule has 0 bridgehead atoms. The molecular weight excluding hydrogens is 364 g/mol. The molecule has 2 amide bonds. The standard InChI is InChI=1S/C20H20N2O6/c1-12(2)14-6-3-4-9-17(14)28-11-13(23)10-21-19(24)15-7-5-8-16(22(26)27)18(15)20(21)25/h3-9,12-13,23H,10-11H2,1-2H3. The average molecular weight is 384 g/mol. The number of β-amino-alcohol motifs (C(OH)–C–C–N with tert-alkyl or cyclic N) is 1. The van der Waals surface area contributed by atoms with Crippen molar-refractivity contribution in [3.05, 3.63) is 69.3 Å². The van der Waals surface area contributed by atoms with E-state index < -0.39 is 28.5 Å². The van der Waals surface area contributed by atoms with Crippen molar-refractivity contribution >= 4 is 17.5 Å². The summed E-state index contributed by atoms with van der Waals surface area (Å²) in [4.78, 5) is 36.3. The van der Waals surface area contributed by atoms with Crippen LogP contribution in [0.1, 0.15) is 46.0 Å². The zero-order chi connectivity index (χ0) is 20.4. The fourth-order valence-corrected chi connectivity index (χ4v) is 3.17. The minimum atomic E-state index is -1.14. The number of carbonyl (C=O) groups excluding carboxylic acids is 2. The van der Waals surface area contributed by atoms with Gasteiger partial charge in [0, 0.05) is 6.07 Å². The molecular formula is C20H20N2O6. The van der Waals surface area contributed by atoms with Crippen LogP contribution in [0.15, 0.2) is 42.5 Å². The second-order valence-electron chi connectivity index (χ2n) is 6.84. The van der Waals surface area contributed by atoms with Gasteiger partial charge in [-0.15, -0.1) is 0 Å². The molecule has 0 spiro atoms. The van der Waals surface area contributed by atoms with E-state index in [0.29, 0.717) is 5.75 Å². The van der Waals surface area contributed by atoms with Crippen LogP contribution in [-0.2, 0) is 0 Å². The Bertz CT molecular complexity index is 940. The summed E-state index contributed by atoms with van der Waals surface area (Å²) in [6.07, 6.45) is -1.14. The van der Waals surface area contributed by atoms with E-state index >= 15 is 0 Å². The average Bonchev–Trinajstić information content (AvgIpc) is 2.91. The van der Waals surface area contributed by atoms with Crippen LogP contribution in [0.25, 0.3) is 0 Å². The van der Waals surface area contributed by atoms with Crippen molar-refractivity contribution < 1.29 is 24.4 Å². The normalized spacial score (nSPS) is 14.4. The molecule has 1 N–H and O–H groups in total. The maximum atomic E-state index is 12.5. The molecule has 0 saturated carbocycles. The minimum Gasteiger partial charge on any atom is -0.491 e. The molecule has 3 rings (SSSR count). The highest BCUT2D eigenvalue weighted by Gasteiger charge is 2.41. The number of aliphatic hydroxyl groups excluding tert-OH is 1. The fraction of sp³-hybridized carbons (Fsp3) is 0.300. The van der Waals surface area contributed by atoms with Crippen molar-refractivity contribution in [3.63, 3.8) is 0 Å².